The third-order valence-electron chi connectivity index (χ3n) is 3.95. The van der Waals surface area contributed by atoms with Crippen molar-refractivity contribution in [3.8, 4) is 0 Å². The van der Waals surface area contributed by atoms with E-state index in [2.05, 4.69) is 24.5 Å². The Morgan fingerprint density at radius 3 is 2.64 bits per heavy atom. The molecule has 2 N–H and O–H groups in total. The van der Waals surface area contributed by atoms with Crippen molar-refractivity contribution in [2.75, 3.05) is 19.6 Å². The fraction of sp³-hybridized carbons (Fsp3) is 1.00. The molecule has 0 aromatic carbocycles. The molecule has 2 aliphatic rings. The second-order valence-corrected chi connectivity index (χ2v) is 5.43. The molecule has 1 saturated heterocycles. The van der Waals surface area contributed by atoms with Crippen molar-refractivity contribution >= 4 is 0 Å². The zero-order valence-corrected chi connectivity index (χ0v) is 9.55. The fourth-order valence-corrected chi connectivity index (χ4v) is 2.71. The predicted octanol–water partition coefficient (Wildman–Crippen LogP) is 1.62. The van der Waals surface area contributed by atoms with Crippen LogP contribution in [0.4, 0.5) is 0 Å². The van der Waals surface area contributed by atoms with E-state index in [1.807, 2.05) is 0 Å². The minimum absolute atomic E-state index is 0.826. The maximum absolute atomic E-state index is 3.72. The molecule has 2 rings (SSSR count). The zero-order valence-electron chi connectivity index (χ0n) is 9.55. The lowest BCUT2D eigenvalue weighted by atomic mass is 9.80. The first-order valence-electron chi connectivity index (χ1n) is 6.20. The second-order valence-electron chi connectivity index (χ2n) is 5.43. The van der Waals surface area contributed by atoms with Gasteiger partial charge in [-0.1, -0.05) is 13.8 Å². The Labute approximate surface area is 87.8 Å². The summed E-state index contributed by atoms with van der Waals surface area (Å²) in [5.74, 6) is 2.66. The Hall–Kier alpha value is -0.0800. The third-order valence-corrected chi connectivity index (χ3v) is 3.95. The lowest BCUT2D eigenvalue weighted by Gasteiger charge is -2.37. The van der Waals surface area contributed by atoms with Gasteiger partial charge in [-0.15, -0.1) is 0 Å². The zero-order chi connectivity index (χ0) is 9.97. The van der Waals surface area contributed by atoms with Gasteiger partial charge in [0.15, 0.2) is 0 Å². The first-order chi connectivity index (χ1) is 6.75. The number of piperidine rings is 1. The van der Waals surface area contributed by atoms with Gasteiger partial charge in [0.05, 0.1) is 0 Å². The Bertz CT molecular complexity index is 181. The summed E-state index contributed by atoms with van der Waals surface area (Å²) in [5, 5.41) is 7.23. The summed E-state index contributed by atoms with van der Waals surface area (Å²) in [6, 6.07) is 0.826. The van der Waals surface area contributed by atoms with E-state index in [0.717, 1.165) is 23.8 Å². The molecule has 4 unspecified atom stereocenters. The molecule has 0 spiro atoms. The highest BCUT2D eigenvalue weighted by Gasteiger charge is 2.27. The molecule has 0 bridgehead atoms. The number of hydrogen-bond acceptors (Lipinski definition) is 2. The van der Waals surface area contributed by atoms with Crippen molar-refractivity contribution in [1.29, 1.82) is 0 Å². The van der Waals surface area contributed by atoms with E-state index in [1.54, 1.807) is 0 Å². The van der Waals surface area contributed by atoms with Gasteiger partial charge >= 0.3 is 0 Å². The van der Waals surface area contributed by atoms with Crippen LogP contribution in [0.1, 0.15) is 33.1 Å². The summed E-state index contributed by atoms with van der Waals surface area (Å²) in [6.07, 6.45) is 4.23. The molecule has 82 valence electrons. The molecule has 2 heteroatoms. The lowest BCUT2D eigenvalue weighted by Crippen LogP contribution is -2.47. The number of nitrogens with one attached hydrogen (secondary N) is 2. The van der Waals surface area contributed by atoms with Gasteiger partial charge in [-0.3, -0.25) is 0 Å². The number of hydrogen-bond donors (Lipinski definition) is 2. The SMILES string of the molecule is CC1CNCC(CNC2CCC2C)C1. The maximum Gasteiger partial charge on any atom is 0.00929 e. The second kappa shape index (κ2) is 4.63. The normalized spacial score (nSPS) is 43.3. The van der Waals surface area contributed by atoms with E-state index >= 15 is 0 Å². The molecule has 0 amide bonds. The van der Waals surface area contributed by atoms with Crippen LogP contribution in [-0.2, 0) is 0 Å². The Morgan fingerprint density at radius 1 is 1.21 bits per heavy atom. The van der Waals surface area contributed by atoms with Crippen LogP contribution in [-0.4, -0.2) is 25.7 Å². The fourth-order valence-electron chi connectivity index (χ4n) is 2.71. The van der Waals surface area contributed by atoms with E-state index in [0.29, 0.717) is 0 Å². The van der Waals surface area contributed by atoms with E-state index < -0.39 is 0 Å². The Morgan fingerprint density at radius 2 is 2.07 bits per heavy atom. The van der Waals surface area contributed by atoms with Gasteiger partial charge in [-0.25, -0.2) is 0 Å². The van der Waals surface area contributed by atoms with Crippen LogP contribution >= 0.6 is 0 Å². The monoisotopic (exact) mass is 196 g/mol. The van der Waals surface area contributed by atoms with Gasteiger partial charge < -0.3 is 10.6 Å². The van der Waals surface area contributed by atoms with Crippen molar-refractivity contribution in [1.82, 2.24) is 10.6 Å². The molecule has 2 fully saturated rings. The highest BCUT2D eigenvalue weighted by atomic mass is 15.0. The summed E-state index contributed by atoms with van der Waals surface area (Å²) in [5.41, 5.74) is 0. The molecule has 1 aliphatic carbocycles. The molecule has 0 aromatic rings. The van der Waals surface area contributed by atoms with Gasteiger partial charge in [0, 0.05) is 6.04 Å². The quantitative estimate of drug-likeness (QED) is 0.717. The molecule has 1 aliphatic heterocycles. The maximum atomic E-state index is 3.72. The largest absolute Gasteiger partial charge is 0.316 e. The summed E-state index contributed by atoms with van der Waals surface area (Å²) in [6.45, 7) is 8.38. The molecule has 14 heavy (non-hydrogen) atoms. The predicted molar refractivity (Wildman–Crippen MR) is 60.3 cm³/mol. The highest BCUT2D eigenvalue weighted by molar-refractivity contribution is 4.85. The lowest BCUT2D eigenvalue weighted by molar-refractivity contribution is 0.204. The Balaban J connectivity index is 1.64. The minimum atomic E-state index is 0.826. The van der Waals surface area contributed by atoms with Crippen LogP contribution in [0.15, 0.2) is 0 Å². The van der Waals surface area contributed by atoms with Gasteiger partial charge in [0.1, 0.15) is 0 Å². The van der Waals surface area contributed by atoms with E-state index in [9.17, 15) is 0 Å². The average Bonchev–Trinajstić information content (AvgIpc) is 2.16. The first-order valence-corrected chi connectivity index (χ1v) is 6.20. The molecule has 1 saturated carbocycles. The summed E-state index contributed by atoms with van der Waals surface area (Å²) >= 11 is 0. The van der Waals surface area contributed by atoms with Crippen molar-refractivity contribution in [3.05, 3.63) is 0 Å². The summed E-state index contributed by atoms with van der Waals surface area (Å²) < 4.78 is 0. The van der Waals surface area contributed by atoms with Crippen LogP contribution in [0.3, 0.4) is 0 Å². The molecule has 0 aromatic heterocycles. The van der Waals surface area contributed by atoms with Gasteiger partial charge in [0.2, 0.25) is 0 Å². The molecule has 0 radical (unpaired) electrons. The van der Waals surface area contributed by atoms with Crippen molar-refractivity contribution < 1.29 is 0 Å². The van der Waals surface area contributed by atoms with Crippen LogP contribution in [0.5, 0.6) is 0 Å². The van der Waals surface area contributed by atoms with Crippen LogP contribution < -0.4 is 10.6 Å². The molecular weight excluding hydrogens is 172 g/mol. The summed E-state index contributed by atoms with van der Waals surface area (Å²) in [7, 11) is 0. The highest BCUT2D eigenvalue weighted by Crippen LogP contribution is 2.26. The summed E-state index contributed by atoms with van der Waals surface area (Å²) in [4.78, 5) is 0. The van der Waals surface area contributed by atoms with E-state index in [4.69, 9.17) is 0 Å². The molecule has 1 heterocycles. The topological polar surface area (TPSA) is 24.1 Å². The van der Waals surface area contributed by atoms with Crippen molar-refractivity contribution in [2.24, 2.45) is 17.8 Å². The van der Waals surface area contributed by atoms with Crippen LogP contribution in [0, 0.1) is 17.8 Å². The first kappa shape index (κ1) is 10.4. The molecule has 4 atom stereocenters. The standard InChI is InChI=1S/C12H24N2/c1-9-5-11(7-13-6-9)8-14-12-4-3-10(12)2/h9-14H,3-8H2,1-2H3. The minimum Gasteiger partial charge on any atom is -0.316 e. The average molecular weight is 196 g/mol. The smallest absolute Gasteiger partial charge is 0.00929 e. The Kier molecular flexibility index (Phi) is 3.45. The van der Waals surface area contributed by atoms with Gasteiger partial charge in [-0.2, -0.15) is 0 Å². The number of rotatable bonds is 3. The van der Waals surface area contributed by atoms with Gasteiger partial charge in [0.25, 0.3) is 0 Å². The van der Waals surface area contributed by atoms with E-state index in [1.165, 1.54) is 38.9 Å². The molecular formula is C12H24N2. The molecule has 2 nitrogen and oxygen atoms in total. The van der Waals surface area contributed by atoms with Crippen LogP contribution in [0.25, 0.3) is 0 Å². The van der Waals surface area contributed by atoms with Crippen molar-refractivity contribution in [2.45, 2.75) is 39.2 Å². The van der Waals surface area contributed by atoms with Crippen molar-refractivity contribution in [3.63, 3.8) is 0 Å². The van der Waals surface area contributed by atoms with E-state index in [-0.39, 0.29) is 0 Å². The third kappa shape index (κ3) is 2.48. The van der Waals surface area contributed by atoms with Gasteiger partial charge in [-0.05, 0) is 56.7 Å². The van der Waals surface area contributed by atoms with Crippen LogP contribution in [0.2, 0.25) is 0 Å².